The SMILES string of the molecule is CCOc1ccc(C(O)CC2CC3CCC2C3)c(Br)c1. The van der Waals surface area contributed by atoms with Crippen LogP contribution in [0.4, 0.5) is 0 Å². The van der Waals surface area contributed by atoms with Gasteiger partial charge < -0.3 is 9.84 Å². The first-order valence-corrected chi connectivity index (χ1v) is 8.57. The highest BCUT2D eigenvalue weighted by molar-refractivity contribution is 9.10. The zero-order valence-corrected chi connectivity index (χ0v) is 13.6. The normalized spacial score (nSPS) is 29.6. The van der Waals surface area contributed by atoms with Crippen molar-refractivity contribution >= 4 is 15.9 Å². The molecule has 2 bridgehead atoms. The van der Waals surface area contributed by atoms with Gasteiger partial charge in [-0.25, -0.2) is 0 Å². The molecule has 1 aromatic carbocycles. The van der Waals surface area contributed by atoms with Crippen molar-refractivity contribution in [3.05, 3.63) is 28.2 Å². The summed E-state index contributed by atoms with van der Waals surface area (Å²) in [5, 5.41) is 10.5. The zero-order chi connectivity index (χ0) is 14.1. The van der Waals surface area contributed by atoms with E-state index in [0.717, 1.165) is 40.0 Å². The van der Waals surface area contributed by atoms with Crippen LogP contribution in [-0.4, -0.2) is 11.7 Å². The highest BCUT2D eigenvalue weighted by Crippen LogP contribution is 2.51. The molecule has 3 rings (SSSR count). The van der Waals surface area contributed by atoms with Crippen LogP contribution >= 0.6 is 15.9 Å². The number of ether oxygens (including phenoxy) is 1. The van der Waals surface area contributed by atoms with Crippen LogP contribution in [0.25, 0.3) is 0 Å². The van der Waals surface area contributed by atoms with Crippen LogP contribution in [0.3, 0.4) is 0 Å². The Hall–Kier alpha value is -0.540. The Labute approximate surface area is 129 Å². The Morgan fingerprint density at radius 1 is 1.35 bits per heavy atom. The molecule has 2 nitrogen and oxygen atoms in total. The molecule has 2 fully saturated rings. The molecule has 0 radical (unpaired) electrons. The number of fused-ring (bicyclic) bond motifs is 2. The van der Waals surface area contributed by atoms with Crippen LogP contribution in [0.5, 0.6) is 5.75 Å². The van der Waals surface area contributed by atoms with Gasteiger partial charge >= 0.3 is 0 Å². The van der Waals surface area contributed by atoms with Gasteiger partial charge in [-0.1, -0.05) is 28.4 Å². The van der Waals surface area contributed by atoms with E-state index in [0.29, 0.717) is 6.61 Å². The second-order valence-corrected chi connectivity index (χ2v) is 7.16. The van der Waals surface area contributed by atoms with Gasteiger partial charge in [-0.05, 0) is 68.1 Å². The molecule has 2 aliphatic rings. The molecule has 2 saturated carbocycles. The van der Waals surface area contributed by atoms with E-state index in [2.05, 4.69) is 15.9 Å². The summed E-state index contributed by atoms with van der Waals surface area (Å²) in [5.41, 5.74) is 0.997. The van der Waals surface area contributed by atoms with Crippen molar-refractivity contribution in [1.29, 1.82) is 0 Å². The van der Waals surface area contributed by atoms with E-state index >= 15 is 0 Å². The highest BCUT2D eigenvalue weighted by Gasteiger charge is 2.40. The predicted octanol–water partition coefficient (Wildman–Crippen LogP) is 4.71. The van der Waals surface area contributed by atoms with E-state index in [4.69, 9.17) is 4.74 Å². The second-order valence-electron chi connectivity index (χ2n) is 6.30. The van der Waals surface area contributed by atoms with Crippen LogP contribution in [0.2, 0.25) is 0 Å². The maximum Gasteiger partial charge on any atom is 0.120 e. The maximum atomic E-state index is 10.5. The Balaban J connectivity index is 1.66. The highest BCUT2D eigenvalue weighted by atomic mass is 79.9. The topological polar surface area (TPSA) is 29.5 Å². The first-order chi connectivity index (χ1) is 9.67. The van der Waals surface area contributed by atoms with Crippen molar-refractivity contribution in [1.82, 2.24) is 0 Å². The molecule has 0 saturated heterocycles. The number of aliphatic hydroxyl groups is 1. The summed E-state index contributed by atoms with van der Waals surface area (Å²) in [7, 11) is 0. The fraction of sp³-hybridized carbons (Fsp3) is 0.647. The van der Waals surface area contributed by atoms with Gasteiger partial charge in [-0.2, -0.15) is 0 Å². The van der Waals surface area contributed by atoms with Gasteiger partial charge in [-0.15, -0.1) is 0 Å². The smallest absolute Gasteiger partial charge is 0.120 e. The third kappa shape index (κ3) is 2.89. The molecule has 20 heavy (non-hydrogen) atoms. The lowest BCUT2D eigenvalue weighted by atomic mass is 9.83. The molecule has 1 aromatic rings. The van der Waals surface area contributed by atoms with Crippen molar-refractivity contribution < 1.29 is 9.84 Å². The monoisotopic (exact) mass is 338 g/mol. The van der Waals surface area contributed by atoms with Gasteiger partial charge in [0.1, 0.15) is 5.75 Å². The van der Waals surface area contributed by atoms with Crippen LogP contribution < -0.4 is 4.74 Å². The molecular weight excluding hydrogens is 316 g/mol. The predicted molar refractivity (Wildman–Crippen MR) is 83.8 cm³/mol. The van der Waals surface area contributed by atoms with E-state index in [1.807, 2.05) is 25.1 Å². The molecule has 1 N–H and O–H groups in total. The van der Waals surface area contributed by atoms with Crippen LogP contribution in [-0.2, 0) is 0 Å². The van der Waals surface area contributed by atoms with Gasteiger partial charge in [0.25, 0.3) is 0 Å². The molecule has 0 amide bonds. The molecule has 110 valence electrons. The largest absolute Gasteiger partial charge is 0.494 e. The lowest BCUT2D eigenvalue weighted by Crippen LogP contribution is -2.14. The molecule has 3 heteroatoms. The lowest BCUT2D eigenvalue weighted by Gasteiger charge is -2.25. The van der Waals surface area contributed by atoms with Gasteiger partial charge in [0.15, 0.2) is 0 Å². The summed E-state index contributed by atoms with van der Waals surface area (Å²) in [6.07, 6.45) is 6.09. The summed E-state index contributed by atoms with van der Waals surface area (Å²) in [4.78, 5) is 0. The Morgan fingerprint density at radius 3 is 2.80 bits per heavy atom. The van der Waals surface area contributed by atoms with E-state index in [-0.39, 0.29) is 6.10 Å². The number of aliphatic hydroxyl groups excluding tert-OH is 1. The van der Waals surface area contributed by atoms with E-state index in [1.165, 1.54) is 25.7 Å². The fourth-order valence-electron chi connectivity index (χ4n) is 4.11. The lowest BCUT2D eigenvalue weighted by molar-refractivity contribution is 0.125. The van der Waals surface area contributed by atoms with E-state index in [9.17, 15) is 5.11 Å². The molecule has 4 atom stereocenters. The van der Waals surface area contributed by atoms with Gasteiger partial charge in [-0.3, -0.25) is 0 Å². The van der Waals surface area contributed by atoms with Gasteiger partial charge in [0.2, 0.25) is 0 Å². The third-order valence-corrected chi connectivity index (χ3v) is 5.74. The van der Waals surface area contributed by atoms with Crippen molar-refractivity contribution in [2.75, 3.05) is 6.61 Å². The van der Waals surface area contributed by atoms with E-state index in [1.54, 1.807) is 0 Å². The number of benzene rings is 1. The number of hydrogen-bond acceptors (Lipinski definition) is 2. The van der Waals surface area contributed by atoms with Gasteiger partial charge in [0.05, 0.1) is 12.7 Å². The van der Waals surface area contributed by atoms with Crippen molar-refractivity contribution in [3.63, 3.8) is 0 Å². The Morgan fingerprint density at radius 2 is 2.20 bits per heavy atom. The van der Waals surface area contributed by atoms with Crippen LogP contribution in [0.1, 0.15) is 50.7 Å². The molecular formula is C17H23BrO2. The molecule has 0 heterocycles. The molecule has 0 spiro atoms. The van der Waals surface area contributed by atoms with Crippen molar-refractivity contribution in [3.8, 4) is 5.75 Å². The van der Waals surface area contributed by atoms with Crippen LogP contribution in [0, 0.1) is 17.8 Å². The summed E-state index contributed by atoms with van der Waals surface area (Å²) in [6, 6.07) is 5.91. The molecule has 4 unspecified atom stereocenters. The fourth-order valence-corrected chi connectivity index (χ4v) is 4.74. The Kier molecular flexibility index (Phi) is 4.37. The first kappa shape index (κ1) is 14.4. The molecule has 0 aromatic heterocycles. The minimum absolute atomic E-state index is 0.357. The molecule has 2 aliphatic carbocycles. The number of hydrogen-bond donors (Lipinski definition) is 1. The van der Waals surface area contributed by atoms with Crippen molar-refractivity contribution in [2.45, 2.75) is 45.1 Å². The third-order valence-electron chi connectivity index (χ3n) is 5.05. The second kappa shape index (κ2) is 6.07. The van der Waals surface area contributed by atoms with E-state index < -0.39 is 0 Å². The Bertz CT molecular complexity index is 474. The summed E-state index contributed by atoms with van der Waals surface area (Å²) >= 11 is 3.57. The quantitative estimate of drug-likeness (QED) is 0.842. The standard InChI is InChI=1S/C17H23BrO2/c1-2-20-14-5-6-15(16(18)10-14)17(19)9-13-8-11-3-4-12(13)7-11/h5-6,10-13,17,19H,2-4,7-9H2,1H3. The summed E-state index contributed by atoms with van der Waals surface area (Å²) in [5.74, 6) is 3.40. The van der Waals surface area contributed by atoms with Crippen molar-refractivity contribution in [2.24, 2.45) is 17.8 Å². The minimum Gasteiger partial charge on any atom is -0.494 e. The van der Waals surface area contributed by atoms with Gasteiger partial charge in [0, 0.05) is 4.47 Å². The maximum absolute atomic E-state index is 10.5. The summed E-state index contributed by atoms with van der Waals surface area (Å²) < 4.78 is 6.44. The molecule has 0 aliphatic heterocycles. The number of halogens is 1. The average Bonchev–Trinajstić information content (AvgIpc) is 3.01. The summed E-state index contributed by atoms with van der Waals surface area (Å²) in [6.45, 7) is 2.64. The average molecular weight is 339 g/mol. The minimum atomic E-state index is -0.357. The first-order valence-electron chi connectivity index (χ1n) is 7.77. The van der Waals surface area contributed by atoms with Crippen LogP contribution in [0.15, 0.2) is 22.7 Å². The number of rotatable bonds is 5. The zero-order valence-electron chi connectivity index (χ0n) is 12.0.